The summed E-state index contributed by atoms with van der Waals surface area (Å²) in [6.45, 7) is 5.06. The normalized spacial score (nSPS) is 10.3. The molecular weight excluding hydrogens is 366 g/mol. The number of aromatic amines is 1. The summed E-state index contributed by atoms with van der Waals surface area (Å²) in [7, 11) is 2.71. The molecule has 0 unspecified atom stereocenters. The van der Waals surface area contributed by atoms with E-state index in [9.17, 15) is 14.4 Å². The molecule has 0 bridgehead atoms. The number of carbonyl (C=O) groups is 3. The van der Waals surface area contributed by atoms with Crippen LogP contribution in [0.25, 0.3) is 0 Å². The second-order valence-corrected chi connectivity index (χ2v) is 5.91. The number of ketones is 1. The molecule has 150 valence electrons. The van der Waals surface area contributed by atoms with Crippen LogP contribution >= 0.6 is 0 Å². The number of Topliss-reactive ketones (excluding diaryl/α,β-unsaturated/α-hetero) is 1. The fourth-order valence-corrected chi connectivity index (χ4v) is 2.82. The zero-order valence-electron chi connectivity index (χ0n) is 16.5. The summed E-state index contributed by atoms with van der Waals surface area (Å²) >= 11 is 0. The van der Waals surface area contributed by atoms with E-state index in [1.165, 1.54) is 32.4 Å². The zero-order valence-corrected chi connectivity index (χ0v) is 16.5. The maximum Gasteiger partial charge on any atom is 0.355 e. The predicted molar refractivity (Wildman–Crippen MR) is 100 cm³/mol. The van der Waals surface area contributed by atoms with E-state index in [-0.39, 0.29) is 24.7 Å². The number of nitrogens with one attached hydrogen (secondary N) is 1. The van der Waals surface area contributed by atoms with E-state index in [2.05, 4.69) is 9.72 Å². The van der Waals surface area contributed by atoms with Gasteiger partial charge < -0.3 is 23.9 Å². The summed E-state index contributed by atoms with van der Waals surface area (Å²) in [5.41, 5.74) is 2.00. The number of rotatable bonds is 8. The second kappa shape index (κ2) is 9.07. The maximum atomic E-state index is 12.7. The van der Waals surface area contributed by atoms with Gasteiger partial charge in [0, 0.05) is 11.3 Å². The number of aryl methyl sites for hydroxylation is 1. The molecule has 0 saturated carbocycles. The van der Waals surface area contributed by atoms with Crippen LogP contribution in [0.2, 0.25) is 0 Å². The number of benzene rings is 1. The molecule has 0 fully saturated rings. The topological polar surface area (TPSA) is 104 Å². The quantitative estimate of drug-likeness (QED) is 0.547. The molecule has 0 atom stereocenters. The molecule has 8 nitrogen and oxygen atoms in total. The van der Waals surface area contributed by atoms with Crippen molar-refractivity contribution < 1.29 is 33.3 Å². The molecule has 0 amide bonds. The number of methoxy groups -OCH3 is 2. The fraction of sp³-hybridized carbons (Fsp3) is 0.350. The van der Waals surface area contributed by atoms with E-state index in [0.29, 0.717) is 33.9 Å². The highest BCUT2D eigenvalue weighted by Gasteiger charge is 2.23. The van der Waals surface area contributed by atoms with Crippen LogP contribution in [0, 0.1) is 13.8 Å². The lowest BCUT2D eigenvalue weighted by atomic mass is 10.1. The van der Waals surface area contributed by atoms with E-state index in [1.807, 2.05) is 0 Å². The lowest BCUT2D eigenvalue weighted by molar-refractivity contribution is 0.0518. The molecule has 1 N–H and O–H groups in total. The monoisotopic (exact) mass is 389 g/mol. The van der Waals surface area contributed by atoms with Crippen LogP contribution in [-0.2, 0) is 9.47 Å². The predicted octanol–water partition coefficient (Wildman–Crippen LogP) is 2.87. The van der Waals surface area contributed by atoms with E-state index in [1.54, 1.807) is 20.8 Å². The summed E-state index contributed by atoms with van der Waals surface area (Å²) in [4.78, 5) is 39.1. The van der Waals surface area contributed by atoms with Crippen molar-refractivity contribution >= 4 is 17.7 Å². The number of ether oxygens (including phenoxy) is 4. The van der Waals surface area contributed by atoms with Gasteiger partial charge in [0.25, 0.3) is 0 Å². The second-order valence-electron chi connectivity index (χ2n) is 5.91. The Morgan fingerprint density at radius 2 is 1.75 bits per heavy atom. The minimum Gasteiger partial charge on any atom is -0.493 e. The van der Waals surface area contributed by atoms with Crippen molar-refractivity contribution in [1.82, 2.24) is 4.98 Å². The zero-order chi connectivity index (χ0) is 20.8. The Morgan fingerprint density at radius 3 is 2.36 bits per heavy atom. The fourth-order valence-electron chi connectivity index (χ4n) is 2.82. The average molecular weight is 389 g/mol. The SMILES string of the molecule is CCOC(=O)c1[nH]c(C)c(C(=O)COc2ccc(C(=O)OC)cc2OC)c1C. The molecule has 2 aromatic rings. The highest BCUT2D eigenvalue weighted by Crippen LogP contribution is 2.29. The first-order valence-corrected chi connectivity index (χ1v) is 8.62. The van der Waals surface area contributed by atoms with Gasteiger partial charge in [0.1, 0.15) is 5.69 Å². The minimum absolute atomic E-state index is 0.240. The molecule has 28 heavy (non-hydrogen) atoms. The third-order valence-electron chi connectivity index (χ3n) is 4.14. The maximum absolute atomic E-state index is 12.7. The Labute approximate surface area is 162 Å². The lowest BCUT2D eigenvalue weighted by Gasteiger charge is -2.11. The third-order valence-corrected chi connectivity index (χ3v) is 4.14. The summed E-state index contributed by atoms with van der Waals surface area (Å²) in [6.07, 6.45) is 0. The van der Waals surface area contributed by atoms with Gasteiger partial charge >= 0.3 is 11.9 Å². The van der Waals surface area contributed by atoms with Gasteiger partial charge in [-0.1, -0.05) is 0 Å². The average Bonchev–Trinajstić information content (AvgIpc) is 2.99. The molecule has 0 radical (unpaired) electrons. The molecule has 0 spiro atoms. The Bertz CT molecular complexity index is 898. The first kappa shape index (κ1) is 21.0. The Hall–Kier alpha value is -3.29. The van der Waals surface area contributed by atoms with Gasteiger partial charge in [-0.25, -0.2) is 9.59 Å². The van der Waals surface area contributed by atoms with Gasteiger partial charge in [0.05, 0.1) is 26.4 Å². The van der Waals surface area contributed by atoms with E-state index in [4.69, 9.17) is 14.2 Å². The smallest absolute Gasteiger partial charge is 0.355 e. The van der Waals surface area contributed by atoms with Crippen molar-refractivity contribution in [1.29, 1.82) is 0 Å². The van der Waals surface area contributed by atoms with E-state index >= 15 is 0 Å². The number of aromatic nitrogens is 1. The molecule has 0 saturated heterocycles. The van der Waals surface area contributed by atoms with Gasteiger partial charge in [0.2, 0.25) is 5.78 Å². The van der Waals surface area contributed by atoms with Crippen LogP contribution in [0.5, 0.6) is 11.5 Å². The summed E-state index contributed by atoms with van der Waals surface area (Å²) < 4.78 is 20.5. The molecular formula is C20H23NO7. The Balaban J connectivity index is 2.19. The van der Waals surface area contributed by atoms with Crippen molar-refractivity contribution in [3.8, 4) is 11.5 Å². The van der Waals surface area contributed by atoms with E-state index in [0.717, 1.165) is 0 Å². The Kier molecular flexibility index (Phi) is 6.81. The molecule has 8 heteroatoms. The van der Waals surface area contributed by atoms with Gasteiger partial charge in [-0.15, -0.1) is 0 Å². The molecule has 1 aromatic carbocycles. The van der Waals surface area contributed by atoms with Crippen LogP contribution in [0.15, 0.2) is 18.2 Å². The molecule has 0 aliphatic carbocycles. The number of hydrogen-bond acceptors (Lipinski definition) is 7. The number of hydrogen-bond donors (Lipinski definition) is 1. The van der Waals surface area contributed by atoms with Crippen molar-refractivity contribution in [2.24, 2.45) is 0 Å². The first-order chi connectivity index (χ1) is 13.3. The number of carbonyl (C=O) groups excluding carboxylic acids is 3. The Morgan fingerprint density at radius 1 is 1.04 bits per heavy atom. The molecule has 1 heterocycles. The summed E-state index contributed by atoms with van der Waals surface area (Å²) in [6, 6.07) is 4.51. The van der Waals surface area contributed by atoms with Crippen LogP contribution in [0.4, 0.5) is 0 Å². The van der Waals surface area contributed by atoms with E-state index < -0.39 is 11.9 Å². The van der Waals surface area contributed by atoms with Gasteiger partial charge in [0.15, 0.2) is 18.1 Å². The van der Waals surface area contributed by atoms with Gasteiger partial charge in [-0.2, -0.15) is 0 Å². The lowest BCUT2D eigenvalue weighted by Crippen LogP contribution is -2.14. The van der Waals surface area contributed by atoms with Crippen LogP contribution < -0.4 is 9.47 Å². The third kappa shape index (κ3) is 4.33. The number of esters is 2. The first-order valence-electron chi connectivity index (χ1n) is 8.62. The highest BCUT2D eigenvalue weighted by molar-refractivity contribution is 6.03. The molecule has 0 aliphatic rings. The van der Waals surface area contributed by atoms with Crippen molar-refractivity contribution in [2.75, 3.05) is 27.4 Å². The van der Waals surface area contributed by atoms with Crippen molar-refractivity contribution in [3.05, 3.63) is 46.3 Å². The number of H-pyrrole nitrogens is 1. The van der Waals surface area contributed by atoms with Crippen LogP contribution in [0.1, 0.15) is 49.4 Å². The summed E-state index contributed by atoms with van der Waals surface area (Å²) in [5.74, 6) is -0.722. The highest BCUT2D eigenvalue weighted by atomic mass is 16.5. The minimum atomic E-state index is -0.511. The standard InChI is InChI=1S/C20H23NO7/c1-6-27-20(24)18-11(2)17(12(3)21-18)14(22)10-28-15-8-7-13(19(23)26-5)9-16(15)25-4/h7-9,21H,6,10H2,1-5H3. The van der Waals surface area contributed by atoms with Crippen molar-refractivity contribution in [3.63, 3.8) is 0 Å². The van der Waals surface area contributed by atoms with Crippen molar-refractivity contribution in [2.45, 2.75) is 20.8 Å². The van der Waals surface area contributed by atoms with Crippen LogP contribution in [-0.4, -0.2) is 50.1 Å². The van der Waals surface area contributed by atoms with Crippen LogP contribution in [0.3, 0.4) is 0 Å². The van der Waals surface area contributed by atoms with Gasteiger partial charge in [-0.05, 0) is 44.5 Å². The largest absolute Gasteiger partial charge is 0.493 e. The van der Waals surface area contributed by atoms with Gasteiger partial charge in [-0.3, -0.25) is 4.79 Å². The molecule has 2 rings (SSSR count). The summed E-state index contributed by atoms with van der Waals surface area (Å²) in [5, 5.41) is 0. The molecule has 0 aliphatic heterocycles. The molecule has 1 aromatic heterocycles.